The number of carboxylic acids is 1. The van der Waals surface area contributed by atoms with Crippen molar-refractivity contribution in [2.45, 2.75) is 50.9 Å². The molecule has 0 aromatic heterocycles. The molecular formula is C15H19F3N2O4. The lowest BCUT2D eigenvalue weighted by Gasteiger charge is -2.44. The first-order chi connectivity index (χ1) is 10.9. The average Bonchev–Trinajstić information content (AvgIpc) is 2.81. The van der Waals surface area contributed by atoms with Crippen molar-refractivity contribution in [2.75, 3.05) is 6.54 Å². The van der Waals surface area contributed by atoms with Crippen LogP contribution in [0.5, 0.6) is 0 Å². The predicted molar refractivity (Wildman–Crippen MR) is 74.7 cm³/mol. The van der Waals surface area contributed by atoms with Gasteiger partial charge in [-0.1, -0.05) is 13.8 Å². The summed E-state index contributed by atoms with van der Waals surface area (Å²) in [7, 11) is 0. The third-order valence-electron chi connectivity index (χ3n) is 5.95. The van der Waals surface area contributed by atoms with Gasteiger partial charge in [-0.3, -0.25) is 9.59 Å². The van der Waals surface area contributed by atoms with Gasteiger partial charge in [0.05, 0.1) is 0 Å². The minimum atomic E-state index is -5.08. The van der Waals surface area contributed by atoms with E-state index in [4.69, 9.17) is 0 Å². The number of carboxylic acid groups (broad SMARTS) is 1. The number of aliphatic carboxylic acids is 1. The van der Waals surface area contributed by atoms with E-state index in [1.807, 2.05) is 19.2 Å². The molecule has 2 amide bonds. The second-order valence-electron chi connectivity index (χ2n) is 7.58. The molecule has 1 saturated heterocycles. The Morgan fingerprint density at radius 2 is 1.79 bits per heavy atom. The number of carbonyl (C=O) groups is 3. The van der Waals surface area contributed by atoms with E-state index in [9.17, 15) is 32.7 Å². The fraction of sp³-hybridized carbons (Fsp3) is 0.800. The molecule has 3 aliphatic rings. The van der Waals surface area contributed by atoms with E-state index in [2.05, 4.69) is 0 Å². The van der Waals surface area contributed by atoms with Crippen LogP contribution in [-0.4, -0.2) is 52.1 Å². The summed E-state index contributed by atoms with van der Waals surface area (Å²) in [5.41, 5.74) is -1.82. The van der Waals surface area contributed by atoms with E-state index < -0.39 is 35.5 Å². The van der Waals surface area contributed by atoms with E-state index >= 15 is 0 Å². The standard InChI is InChI=1S/C15H19F3N2O4/c1-13(2)7-6-20(9(8(7)13)10(21)22)12(24)14(4-3-5-14)19-11(23)15(16,17)18/h7-9H,3-6H2,1-2H3,(H,19,23)(H,21,22)/t7-,8-,9-/m0/s1. The van der Waals surface area contributed by atoms with E-state index in [1.54, 1.807) is 0 Å². The monoisotopic (exact) mass is 348 g/mol. The Morgan fingerprint density at radius 3 is 2.21 bits per heavy atom. The van der Waals surface area contributed by atoms with Crippen LogP contribution in [0.1, 0.15) is 33.1 Å². The Kier molecular flexibility index (Phi) is 3.45. The fourth-order valence-electron chi connectivity index (χ4n) is 4.26. The summed E-state index contributed by atoms with van der Waals surface area (Å²) >= 11 is 0. The van der Waals surface area contributed by atoms with Crippen molar-refractivity contribution in [3.8, 4) is 0 Å². The van der Waals surface area contributed by atoms with Crippen LogP contribution in [0.4, 0.5) is 13.2 Å². The number of hydrogen-bond acceptors (Lipinski definition) is 3. The van der Waals surface area contributed by atoms with Gasteiger partial charge in [0.15, 0.2) is 0 Å². The average molecular weight is 348 g/mol. The highest BCUT2D eigenvalue weighted by Crippen LogP contribution is 2.65. The molecule has 0 radical (unpaired) electrons. The summed E-state index contributed by atoms with van der Waals surface area (Å²) < 4.78 is 37.6. The Labute approximate surface area is 136 Å². The van der Waals surface area contributed by atoms with Crippen molar-refractivity contribution in [1.82, 2.24) is 10.2 Å². The molecule has 3 atom stereocenters. The zero-order chi connectivity index (χ0) is 18.1. The molecule has 2 aliphatic carbocycles. The quantitative estimate of drug-likeness (QED) is 0.801. The minimum absolute atomic E-state index is 0.0259. The number of carbonyl (C=O) groups excluding carboxylic acids is 2. The maximum Gasteiger partial charge on any atom is 0.471 e. The number of halogens is 3. The third-order valence-corrected chi connectivity index (χ3v) is 5.95. The van der Waals surface area contributed by atoms with Gasteiger partial charge in [-0.05, 0) is 30.6 Å². The van der Waals surface area contributed by atoms with Gasteiger partial charge in [-0.25, -0.2) is 4.79 Å². The molecule has 3 rings (SSSR count). The van der Waals surface area contributed by atoms with Crippen LogP contribution >= 0.6 is 0 Å². The van der Waals surface area contributed by atoms with E-state index in [0.717, 1.165) is 4.90 Å². The number of alkyl halides is 3. The van der Waals surface area contributed by atoms with Crippen molar-refractivity contribution in [3.63, 3.8) is 0 Å². The fourth-order valence-corrected chi connectivity index (χ4v) is 4.26. The Hall–Kier alpha value is -1.80. The SMILES string of the molecule is CC1(C)[C@@H]2[C@@H](C(=O)O)N(C(=O)C3(NC(=O)C(F)(F)F)CCC3)C[C@@H]21. The first-order valence-electron chi connectivity index (χ1n) is 7.85. The Morgan fingerprint density at radius 1 is 1.21 bits per heavy atom. The predicted octanol–water partition coefficient (Wildman–Crippen LogP) is 1.16. The number of nitrogens with one attached hydrogen (secondary N) is 1. The summed E-state index contributed by atoms with van der Waals surface area (Å²) in [5, 5.41) is 11.3. The molecule has 24 heavy (non-hydrogen) atoms. The number of nitrogens with zero attached hydrogens (tertiary/aromatic N) is 1. The van der Waals surface area contributed by atoms with Crippen LogP contribution in [0.15, 0.2) is 0 Å². The lowest BCUT2D eigenvalue weighted by Crippen LogP contribution is -2.66. The largest absolute Gasteiger partial charge is 0.480 e. The van der Waals surface area contributed by atoms with Crippen LogP contribution < -0.4 is 5.32 Å². The molecule has 0 aromatic rings. The zero-order valence-electron chi connectivity index (χ0n) is 13.3. The van der Waals surface area contributed by atoms with Gasteiger partial charge in [0.1, 0.15) is 11.6 Å². The van der Waals surface area contributed by atoms with Crippen molar-refractivity contribution in [2.24, 2.45) is 17.3 Å². The maximum absolute atomic E-state index is 12.8. The minimum Gasteiger partial charge on any atom is -0.480 e. The van der Waals surface area contributed by atoms with Crippen LogP contribution in [0.2, 0.25) is 0 Å². The van der Waals surface area contributed by atoms with Gasteiger partial charge < -0.3 is 15.3 Å². The molecule has 1 heterocycles. The lowest BCUT2D eigenvalue weighted by atomic mass is 9.75. The second kappa shape index (κ2) is 4.86. The van der Waals surface area contributed by atoms with Crippen molar-refractivity contribution in [3.05, 3.63) is 0 Å². The third kappa shape index (κ3) is 2.28. The smallest absolute Gasteiger partial charge is 0.471 e. The number of fused-ring (bicyclic) bond motifs is 1. The van der Waals surface area contributed by atoms with Crippen LogP contribution in [0.25, 0.3) is 0 Å². The Bertz CT molecular complexity index is 612. The topological polar surface area (TPSA) is 86.7 Å². The molecule has 9 heteroatoms. The van der Waals surface area contributed by atoms with Crippen molar-refractivity contribution in [1.29, 1.82) is 0 Å². The normalized spacial score (nSPS) is 32.5. The van der Waals surface area contributed by atoms with Crippen LogP contribution in [-0.2, 0) is 14.4 Å². The van der Waals surface area contributed by atoms with Gasteiger partial charge in [0.2, 0.25) is 5.91 Å². The number of rotatable bonds is 3. The van der Waals surface area contributed by atoms with Crippen LogP contribution in [0, 0.1) is 17.3 Å². The van der Waals surface area contributed by atoms with Gasteiger partial charge in [-0.2, -0.15) is 13.2 Å². The maximum atomic E-state index is 12.8. The highest BCUT2D eigenvalue weighted by molar-refractivity contribution is 5.96. The van der Waals surface area contributed by atoms with Crippen molar-refractivity contribution < 1.29 is 32.7 Å². The molecule has 1 aliphatic heterocycles. The van der Waals surface area contributed by atoms with E-state index in [-0.39, 0.29) is 36.6 Å². The second-order valence-corrected chi connectivity index (χ2v) is 7.58. The van der Waals surface area contributed by atoms with Gasteiger partial charge in [0.25, 0.3) is 0 Å². The highest BCUT2D eigenvalue weighted by atomic mass is 19.4. The molecule has 134 valence electrons. The number of hydrogen-bond donors (Lipinski definition) is 2. The molecule has 2 saturated carbocycles. The zero-order valence-corrected chi connectivity index (χ0v) is 13.3. The summed E-state index contributed by atoms with van der Waals surface area (Å²) in [6, 6.07) is -1.04. The Balaban J connectivity index is 1.80. The van der Waals surface area contributed by atoms with E-state index in [0.29, 0.717) is 6.42 Å². The van der Waals surface area contributed by atoms with Gasteiger partial charge >= 0.3 is 18.1 Å². The van der Waals surface area contributed by atoms with E-state index in [1.165, 1.54) is 0 Å². The van der Waals surface area contributed by atoms with Gasteiger partial charge in [-0.15, -0.1) is 0 Å². The van der Waals surface area contributed by atoms with Gasteiger partial charge in [0, 0.05) is 12.5 Å². The molecule has 0 unspecified atom stereocenters. The highest BCUT2D eigenvalue weighted by Gasteiger charge is 2.70. The molecule has 0 bridgehead atoms. The first-order valence-corrected chi connectivity index (χ1v) is 7.85. The molecule has 3 fully saturated rings. The molecule has 0 aromatic carbocycles. The lowest BCUT2D eigenvalue weighted by molar-refractivity contribution is -0.179. The number of likely N-dealkylation sites (tertiary alicyclic amines) is 1. The van der Waals surface area contributed by atoms with Crippen LogP contribution in [0.3, 0.4) is 0 Å². The number of amides is 2. The summed E-state index contributed by atoms with van der Waals surface area (Å²) in [4.78, 5) is 36.8. The molecule has 2 N–H and O–H groups in total. The molecule has 0 spiro atoms. The first kappa shape index (κ1) is 17.0. The summed E-state index contributed by atoms with van der Waals surface area (Å²) in [5.74, 6) is -4.20. The molecule has 6 nitrogen and oxygen atoms in total. The molecular weight excluding hydrogens is 329 g/mol. The summed E-state index contributed by atoms with van der Waals surface area (Å²) in [6.07, 6.45) is -4.39. The summed E-state index contributed by atoms with van der Waals surface area (Å²) in [6.45, 7) is 4.05. The van der Waals surface area contributed by atoms with Crippen molar-refractivity contribution >= 4 is 17.8 Å². The number of piperidine rings is 1.